The number of hydrogen-bond acceptors (Lipinski definition) is 3. The maximum atomic E-state index is 5.84. The smallest absolute Gasteiger partial charge is 0.131 e. The van der Waals surface area contributed by atoms with Gasteiger partial charge in [-0.3, -0.25) is 0 Å². The highest BCUT2D eigenvalue weighted by Gasteiger charge is 2.04. The second-order valence-corrected chi connectivity index (χ2v) is 4.22. The Morgan fingerprint density at radius 2 is 2.00 bits per heavy atom. The molecule has 90 valence electrons. The minimum Gasteiger partial charge on any atom is -0.497 e. The van der Waals surface area contributed by atoms with E-state index in [2.05, 4.69) is 10.1 Å². The monoisotopic (exact) mass is 259 g/mol. The van der Waals surface area contributed by atoms with E-state index in [9.17, 15) is 0 Å². The molecule has 0 saturated carbocycles. The lowest BCUT2D eigenvalue weighted by atomic mass is 10.3. The Balaban J connectivity index is 2.07. The van der Waals surface area contributed by atoms with Crippen LogP contribution in [0.3, 0.4) is 0 Å². The van der Waals surface area contributed by atoms with Gasteiger partial charge in [0.05, 0.1) is 18.3 Å². The molecule has 0 atom stereocenters. The highest BCUT2D eigenvalue weighted by atomic mass is 35.5. The van der Waals surface area contributed by atoms with Crippen LogP contribution in [0.4, 0.5) is 0 Å². The van der Waals surface area contributed by atoms with Crippen molar-refractivity contribution < 1.29 is 4.74 Å². The summed E-state index contributed by atoms with van der Waals surface area (Å²) in [4.78, 5) is 4.03. The number of hydrogen-bond donors (Lipinski definition) is 0. The first-order chi connectivity index (χ1) is 8.76. The summed E-state index contributed by atoms with van der Waals surface area (Å²) in [5, 5.41) is 5.85. The SMILES string of the molecule is COc1ccc(-n2cc3cnc(Cl)cc3n2)cc1. The minimum absolute atomic E-state index is 0.447. The second kappa shape index (κ2) is 4.31. The quantitative estimate of drug-likeness (QED) is 0.664. The fourth-order valence-corrected chi connectivity index (χ4v) is 1.91. The van der Waals surface area contributed by atoms with Crippen LogP contribution in [0.15, 0.2) is 42.7 Å². The third-order valence-electron chi connectivity index (χ3n) is 2.69. The van der Waals surface area contributed by atoms with Crippen molar-refractivity contribution in [2.24, 2.45) is 0 Å². The molecule has 0 N–H and O–H groups in total. The van der Waals surface area contributed by atoms with Crippen molar-refractivity contribution in [2.75, 3.05) is 7.11 Å². The van der Waals surface area contributed by atoms with Crippen molar-refractivity contribution in [1.82, 2.24) is 14.8 Å². The number of ether oxygens (including phenoxy) is 1. The molecule has 18 heavy (non-hydrogen) atoms. The Morgan fingerprint density at radius 3 is 2.72 bits per heavy atom. The molecule has 0 fully saturated rings. The van der Waals surface area contributed by atoms with Crippen molar-refractivity contribution in [3.63, 3.8) is 0 Å². The van der Waals surface area contributed by atoms with E-state index in [-0.39, 0.29) is 0 Å². The molecule has 3 rings (SSSR count). The van der Waals surface area contributed by atoms with Crippen LogP contribution in [-0.4, -0.2) is 21.9 Å². The lowest BCUT2D eigenvalue weighted by Gasteiger charge is -2.02. The molecule has 0 aliphatic heterocycles. The van der Waals surface area contributed by atoms with Crippen molar-refractivity contribution in [1.29, 1.82) is 0 Å². The first-order valence-electron chi connectivity index (χ1n) is 5.41. The summed E-state index contributed by atoms with van der Waals surface area (Å²) in [6.45, 7) is 0. The van der Waals surface area contributed by atoms with E-state index in [1.807, 2.05) is 30.5 Å². The Hall–Kier alpha value is -2.07. The van der Waals surface area contributed by atoms with Gasteiger partial charge in [-0.25, -0.2) is 9.67 Å². The Morgan fingerprint density at radius 1 is 1.22 bits per heavy atom. The van der Waals surface area contributed by atoms with E-state index in [1.54, 1.807) is 24.1 Å². The molecule has 0 saturated heterocycles. The van der Waals surface area contributed by atoms with Gasteiger partial charge in [0.2, 0.25) is 0 Å². The van der Waals surface area contributed by atoms with Crippen LogP contribution in [0.1, 0.15) is 0 Å². The fourth-order valence-electron chi connectivity index (χ4n) is 1.76. The van der Waals surface area contributed by atoms with Crippen molar-refractivity contribution in [3.05, 3.63) is 47.9 Å². The van der Waals surface area contributed by atoms with Crippen molar-refractivity contribution >= 4 is 22.5 Å². The van der Waals surface area contributed by atoms with E-state index >= 15 is 0 Å². The van der Waals surface area contributed by atoms with Gasteiger partial charge >= 0.3 is 0 Å². The zero-order valence-corrected chi connectivity index (χ0v) is 10.4. The highest BCUT2D eigenvalue weighted by Crippen LogP contribution is 2.19. The van der Waals surface area contributed by atoms with E-state index in [1.165, 1.54) is 0 Å². The van der Waals surface area contributed by atoms with E-state index in [4.69, 9.17) is 16.3 Å². The van der Waals surface area contributed by atoms with Crippen LogP contribution in [0.25, 0.3) is 16.6 Å². The summed E-state index contributed by atoms with van der Waals surface area (Å²) in [5.74, 6) is 0.820. The normalized spacial score (nSPS) is 10.8. The number of benzene rings is 1. The van der Waals surface area contributed by atoms with Crippen molar-refractivity contribution in [2.45, 2.75) is 0 Å². The van der Waals surface area contributed by atoms with E-state index < -0.39 is 0 Å². The number of aromatic nitrogens is 3. The molecule has 0 unspecified atom stereocenters. The molecule has 0 aliphatic rings. The molecule has 2 heterocycles. The maximum absolute atomic E-state index is 5.84. The molecular weight excluding hydrogens is 250 g/mol. The van der Waals surface area contributed by atoms with Gasteiger partial charge in [0.15, 0.2) is 0 Å². The number of halogens is 1. The number of pyridine rings is 1. The zero-order chi connectivity index (χ0) is 12.5. The van der Waals surface area contributed by atoms with E-state index in [0.717, 1.165) is 22.3 Å². The van der Waals surface area contributed by atoms with Gasteiger partial charge in [0.1, 0.15) is 10.9 Å². The van der Waals surface area contributed by atoms with Gasteiger partial charge in [0, 0.05) is 23.8 Å². The Bertz CT molecular complexity index is 691. The molecule has 2 aromatic heterocycles. The van der Waals surface area contributed by atoms with Crippen LogP contribution in [-0.2, 0) is 0 Å². The third kappa shape index (κ3) is 1.91. The molecule has 0 radical (unpaired) electrons. The summed E-state index contributed by atoms with van der Waals surface area (Å²) in [5.41, 5.74) is 1.79. The summed E-state index contributed by atoms with van der Waals surface area (Å²) in [7, 11) is 1.64. The molecule has 0 spiro atoms. The number of fused-ring (bicyclic) bond motifs is 1. The van der Waals surface area contributed by atoms with E-state index in [0.29, 0.717) is 5.15 Å². The number of nitrogens with zero attached hydrogens (tertiary/aromatic N) is 3. The average Bonchev–Trinajstić information content (AvgIpc) is 2.81. The standard InChI is InChI=1S/C13H10ClN3O/c1-18-11-4-2-10(3-5-11)17-8-9-7-15-13(14)6-12(9)16-17/h2-8H,1H3. The predicted octanol–water partition coefficient (Wildman–Crippen LogP) is 3.08. The lowest BCUT2D eigenvalue weighted by Crippen LogP contribution is -1.93. The second-order valence-electron chi connectivity index (χ2n) is 3.84. The largest absolute Gasteiger partial charge is 0.497 e. The third-order valence-corrected chi connectivity index (χ3v) is 2.90. The zero-order valence-electron chi connectivity index (χ0n) is 9.67. The summed E-state index contributed by atoms with van der Waals surface area (Å²) >= 11 is 5.84. The van der Waals surface area contributed by atoms with Crippen LogP contribution in [0.5, 0.6) is 5.75 Å². The molecule has 4 nitrogen and oxygen atoms in total. The lowest BCUT2D eigenvalue weighted by molar-refractivity contribution is 0.414. The molecule has 1 aromatic carbocycles. The van der Waals surface area contributed by atoms with Crippen LogP contribution in [0, 0.1) is 0 Å². The summed E-state index contributed by atoms with van der Waals surface area (Å²) in [6, 6.07) is 9.43. The molecular formula is C13H10ClN3O. The summed E-state index contributed by atoms with van der Waals surface area (Å²) in [6.07, 6.45) is 3.63. The molecule has 0 bridgehead atoms. The molecule has 0 aliphatic carbocycles. The van der Waals surface area contributed by atoms with Gasteiger partial charge in [-0.15, -0.1) is 0 Å². The number of rotatable bonds is 2. The Kier molecular flexibility index (Phi) is 2.64. The van der Waals surface area contributed by atoms with Gasteiger partial charge in [0.25, 0.3) is 0 Å². The minimum atomic E-state index is 0.447. The van der Waals surface area contributed by atoms with Crippen LogP contribution >= 0.6 is 11.6 Å². The molecule has 3 aromatic rings. The van der Waals surface area contributed by atoms with Gasteiger partial charge in [-0.1, -0.05) is 11.6 Å². The number of methoxy groups -OCH3 is 1. The first kappa shape index (κ1) is 11.0. The van der Waals surface area contributed by atoms with Crippen LogP contribution < -0.4 is 4.74 Å². The maximum Gasteiger partial charge on any atom is 0.131 e. The van der Waals surface area contributed by atoms with Gasteiger partial charge in [-0.05, 0) is 24.3 Å². The van der Waals surface area contributed by atoms with Crippen LogP contribution in [0.2, 0.25) is 5.15 Å². The topological polar surface area (TPSA) is 39.9 Å². The first-order valence-corrected chi connectivity index (χ1v) is 5.79. The molecule has 0 amide bonds. The predicted molar refractivity (Wildman–Crippen MR) is 70.4 cm³/mol. The van der Waals surface area contributed by atoms with Crippen molar-refractivity contribution in [3.8, 4) is 11.4 Å². The fraction of sp³-hybridized carbons (Fsp3) is 0.0769. The van der Waals surface area contributed by atoms with Gasteiger partial charge < -0.3 is 4.74 Å². The van der Waals surface area contributed by atoms with Gasteiger partial charge in [-0.2, -0.15) is 5.10 Å². The highest BCUT2D eigenvalue weighted by molar-refractivity contribution is 6.29. The Labute approximate surface area is 109 Å². The molecule has 5 heteroatoms. The average molecular weight is 260 g/mol. The summed E-state index contributed by atoms with van der Waals surface area (Å²) < 4.78 is 6.92.